The molecule has 0 saturated heterocycles. The predicted molar refractivity (Wildman–Crippen MR) is 124 cm³/mol. The standard InChI is InChI=1S/C26H27N3O4/c30-24(31)13-12-22(21-7-4-14-27-16-21)19-8-10-20(11-9-19)26-29-23(17-33-26)25(32)28-15-18-5-2-1-3-6-18/h4,7-12,14,16-18H,1-3,5-6,13,15H2,(H,28,32)(H,30,31). The molecular weight excluding hydrogens is 418 g/mol. The van der Waals surface area contributed by atoms with Crippen LogP contribution in [0.2, 0.25) is 0 Å². The van der Waals surface area contributed by atoms with Gasteiger partial charge in [0.05, 0.1) is 6.42 Å². The second kappa shape index (κ2) is 10.7. The highest BCUT2D eigenvalue weighted by Gasteiger charge is 2.17. The lowest BCUT2D eigenvalue weighted by atomic mass is 9.89. The molecule has 0 spiro atoms. The van der Waals surface area contributed by atoms with Crippen molar-refractivity contribution >= 4 is 17.4 Å². The first kappa shape index (κ1) is 22.5. The molecule has 2 N–H and O–H groups in total. The molecule has 2 aromatic heterocycles. The second-order valence-corrected chi connectivity index (χ2v) is 8.29. The first-order valence-corrected chi connectivity index (χ1v) is 11.3. The zero-order chi connectivity index (χ0) is 23.0. The van der Waals surface area contributed by atoms with E-state index in [4.69, 9.17) is 9.52 Å². The van der Waals surface area contributed by atoms with Gasteiger partial charge in [0.15, 0.2) is 5.69 Å². The van der Waals surface area contributed by atoms with E-state index in [0.717, 1.165) is 22.3 Å². The molecule has 3 aromatic rings. The lowest BCUT2D eigenvalue weighted by Crippen LogP contribution is -2.30. The van der Waals surface area contributed by atoms with E-state index in [-0.39, 0.29) is 18.0 Å². The molecule has 1 aliphatic rings. The smallest absolute Gasteiger partial charge is 0.307 e. The van der Waals surface area contributed by atoms with E-state index in [2.05, 4.69) is 15.3 Å². The van der Waals surface area contributed by atoms with Crippen molar-refractivity contribution in [1.29, 1.82) is 0 Å². The maximum Gasteiger partial charge on any atom is 0.307 e. The van der Waals surface area contributed by atoms with Gasteiger partial charge in [0, 0.05) is 30.1 Å². The Morgan fingerprint density at radius 1 is 1.09 bits per heavy atom. The van der Waals surface area contributed by atoms with E-state index in [1.807, 2.05) is 36.4 Å². The van der Waals surface area contributed by atoms with Gasteiger partial charge >= 0.3 is 5.97 Å². The highest BCUT2D eigenvalue weighted by molar-refractivity contribution is 5.92. The summed E-state index contributed by atoms with van der Waals surface area (Å²) in [6.07, 6.45) is 12.4. The first-order chi connectivity index (χ1) is 16.1. The number of nitrogens with one attached hydrogen (secondary N) is 1. The zero-order valence-corrected chi connectivity index (χ0v) is 18.4. The Balaban J connectivity index is 1.46. The Morgan fingerprint density at radius 2 is 1.88 bits per heavy atom. The molecule has 1 fully saturated rings. The van der Waals surface area contributed by atoms with Crippen LogP contribution in [0.4, 0.5) is 0 Å². The fraction of sp³-hybridized carbons (Fsp3) is 0.308. The number of carboxylic acids is 1. The van der Waals surface area contributed by atoms with Crippen LogP contribution in [0.3, 0.4) is 0 Å². The van der Waals surface area contributed by atoms with Gasteiger partial charge in [0.1, 0.15) is 6.26 Å². The average molecular weight is 446 g/mol. The molecule has 7 nitrogen and oxygen atoms in total. The molecule has 1 aliphatic carbocycles. The van der Waals surface area contributed by atoms with Crippen molar-refractivity contribution in [2.75, 3.05) is 6.54 Å². The summed E-state index contributed by atoms with van der Waals surface area (Å²) < 4.78 is 5.55. The average Bonchev–Trinajstić information content (AvgIpc) is 3.35. The summed E-state index contributed by atoms with van der Waals surface area (Å²) in [6, 6.07) is 11.1. The quantitative estimate of drug-likeness (QED) is 0.508. The molecule has 0 bridgehead atoms. The third-order valence-electron chi connectivity index (χ3n) is 5.91. The Hall–Kier alpha value is -3.74. The number of rotatable bonds is 8. The van der Waals surface area contributed by atoms with Gasteiger partial charge in [-0.05, 0) is 48.1 Å². The van der Waals surface area contributed by atoms with Crippen molar-refractivity contribution in [3.8, 4) is 11.5 Å². The largest absolute Gasteiger partial charge is 0.481 e. The van der Waals surface area contributed by atoms with Crippen molar-refractivity contribution in [2.24, 2.45) is 5.92 Å². The number of hydrogen-bond acceptors (Lipinski definition) is 5. The number of aliphatic carboxylic acids is 1. The molecule has 1 aromatic carbocycles. The maximum absolute atomic E-state index is 12.5. The predicted octanol–water partition coefficient (Wildman–Crippen LogP) is 4.95. The molecule has 33 heavy (non-hydrogen) atoms. The summed E-state index contributed by atoms with van der Waals surface area (Å²) in [7, 11) is 0. The fourth-order valence-corrected chi connectivity index (χ4v) is 4.14. The van der Waals surface area contributed by atoms with E-state index in [1.165, 1.54) is 38.4 Å². The van der Waals surface area contributed by atoms with Crippen LogP contribution in [0, 0.1) is 5.92 Å². The van der Waals surface area contributed by atoms with Crippen LogP contribution in [-0.2, 0) is 4.79 Å². The summed E-state index contributed by atoms with van der Waals surface area (Å²) in [5.41, 5.74) is 3.47. The Labute approximate surface area is 192 Å². The monoisotopic (exact) mass is 445 g/mol. The number of amides is 1. The van der Waals surface area contributed by atoms with Crippen molar-refractivity contribution in [3.05, 3.63) is 78.0 Å². The number of pyridine rings is 1. The summed E-state index contributed by atoms with van der Waals surface area (Å²) in [4.78, 5) is 32.0. The minimum Gasteiger partial charge on any atom is -0.481 e. The molecule has 1 amide bonds. The number of carbonyl (C=O) groups is 2. The molecule has 2 heterocycles. The summed E-state index contributed by atoms with van der Waals surface area (Å²) in [6.45, 7) is 0.676. The van der Waals surface area contributed by atoms with Crippen LogP contribution in [0.15, 0.2) is 65.5 Å². The molecule has 0 atom stereocenters. The zero-order valence-electron chi connectivity index (χ0n) is 18.4. The Bertz CT molecular complexity index is 1110. The molecule has 4 rings (SSSR count). The van der Waals surface area contributed by atoms with Crippen molar-refractivity contribution in [3.63, 3.8) is 0 Å². The lowest BCUT2D eigenvalue weighted by molar-refractivity contribution is -0.135. The van der Waals surface area contributed by atoms with Gasteiger partial charge in [-0.3, -0.25) is 14.6 Å². The number of hydrogen-bond donors (Lipinski definition) is 2. The number of carbonyl (C=O) groups excluding carboxylic acids is 1. The maximum atomic E-state index is 12.5. The number of oxazole rings is 1. The van der Waals surface area contributed by atoms with Gasteiger partial charge in [-0.15, -0.1) is 0 Å². The first-order valence-electron chi connectivity index (χ1n) is 11.3. The number of carboxylic acid groups (broad SMARTS) is 1. The highest BCUT2D eigenvalue weighted by Crippen LogP contribution is 2.27. The Kier molecular flexibility index (Phi) is 7.29. The third-order valence-corrected chi connectivity index (χ3v) is 5.91. The van der Waals surface area contributed by atoms with Gasteiger partial charge in [-0.1, -0.05) is 43.5 Å². The highest BCUT2D eigenvalue weighted by atomic mass is 16.4. The minimum atomic E-state index is -0.901. The van der Waals surface area contributed by atoms with Crippen LogP contribution in [0.1, 0.15) is 60.1 Å². The van der Waals surface area contributed by atoms with Crippen molar-refractivity contribution in [2.45, 2.75) is 38.5 Å². The van der Waals surface area contributed by atoms with Crippen LogP contribution >= 0.6 is 0 Å². The normalized spacial score (nSPS) is 14.7. The van der Waals surface area contributed by atoms with E-state index < -0.39 is 5.97 Å². The van der Waals surface area contributed by atoms with Gasteiger partial charge in [0.2, 0.25) is 5.89 Å². The number of aromatic nitrogens is 2. The topological polar surface area (TPSA) is 105 Å². The molecule has 0 unspecified atom stereocenters. The van der Waals surface area contributed by atoms with E-state index in [0.29, 0.717) is 18.4 Å². The van der Waals surface area contributed by atoms with E-state index in [1.54, 1.807) is 18.5 Å². The van der Waals surface area contributed by atoms with E-state index in [9.17, 15) is 9.59 Å². The van der Waals surface area contributed by atoms with Crippen LogP contribution in [0.5, 0.6) is 0 Å². The van der Waals surface area contributed by atoms with Crippen LogP contribution in [0.25, 0.3) is 17.0 Å². The number of nitrogens with zero attached hydrogens (tertiary/aromatic N) is 2. The molecule has 1 saturated carbocycles. The number of benzene rings is 1. The molecule has 0 aliphatic heterocycles. The van der Waals surface area contributed by atoms with Crippen molar-refractivity contribution in [1.82, 2.24) is 15.3 Å². The van der Waals surface area contributed by atoms with Gasteiger partial charge < -0.3 is 14.8 Å². The fourth-order valence-electron chi connectivity index (χ4n) is 4.14. The van der Waals surface area contributed by atoms with Crippen molar-refractivity contribution < 1.29 is 19.1 Å². The van der Waals surface area contributed by atoms with Gasteiger partial charge in [-0.2, -0.15) is 0 Å². The van der Waals surface area contributed by atoms with E-state index >= 15 is 0 Å². The van der Waals surface area contributed by atoms with Crippen LogP contribution < -0.4 is 5.32 Å². The second-order valence-electron chi connectivity index (χ2n) is 8.29. The lowest BCUT2D eigenvalue weighted by Gasteiger charge is -2.21. The third kappa shape index (κ3) is 5.94. The van der Waals surface area contributed by atoms with Gasteiger partial charge in [0.25, 0.3) is 5.91 Å². The Morgan fingerprint density at radius 3 is 2.58 bits per heavy atom. The molecule has 170 valence electrons. The minimum absolute atomic E-state index is 0.0922. The molecule has 7 heteroatoms. The molecule has 0 radical (unpaired) electrons. The van der Waals surface area contributed by atoms with Crippen LogP contribution in [-0.4, -0.2) is 33.5 Å². The van der Waals surface area contributed by atoms with Gasteiger partial charge in [-0.25, -0.2) is 4.98 Å². The summed E-state index contributed by atoms with van der Waals surface area (Å²) >= 11 is 0. The summed E-state index contributed by atoms with van der Waals surface area (Å²) in [5.74, 6) is -0.212. The molecular formula is C26H27N3O4. The SMILES string of the molecule is O=C(O)CC=C(c1ccc(-c2nc(C(=O)NCC3CCCCC3)co2)cc1)c1cccnc1. The summed E-state index contributed by atoms with van der Waals surface area (Å²) in [5, 5.41) is 12.1.